The van der Waals surface area contributed by atoms with Gasteiger partial charge in [-0.25, -0.2) is 4.79 Å². The Morgan fingerprint density at radius 1 is 1.30 bits per heavy atom. The molecule has 0 aromatic carbocycles. The van der Waals surface area contributed by atoms with Crippen LogP contribution in [0.2, 0.25) is 0 Å². The maximum absolute atomic E-state index is 11.7. The standard InChI is InChI=1S/C10H13N7OS2/c1-10(7-4-12-14-19-7)6-16(8-5-13-15-20-8)2-3-17(10)9(11)18/h4-5H,2-3,6H2,1H3,(H2,11,18). The zero-order valence-corrected chi connectivity index (χ0v) is 12.4. The molecular weight excluding hydrogens is 298 g/mol. The SMILES string of the molecule is CC1(c2cnns2)CN(c2cnns2)CCN1C(N)=O. The minimum absolute atomic E-state index is 0.428. The summed E-state index contributed by atoms with van der Waals surface area (Å²) in [5.74, 6) is 0. The van der Waals surface area contributed by atoms with Gasteiger partial charge in [0.2, 0.25) is 0 Å². The number of piperazine rings is 1. The Bertz CT molecular complexity index is 587. The molecule has 2 aromatic heterocycles. The predicted octanol–water partition coefficient (Wildman–Crippen LogP) is 0.506. The van der Waals surface area contributed by atoms with Crippen molar-refractivity contribution < 1.29 is 4.79 Å². The molecule has 1 aliphatic rings. The highest BCUT2D eigenvalue weighted by atomic mass is 32.1. The Morgan fingerprint density at radius 2 is 2.05 bits per heavy atom. The number of anilines is 1. The minimum Gasteiger partial charge on any atom is -0.356 e. The second-order valence-corrected chi connectivity index (χ2v) is 6.27. The van der Waals surface area contributed by atoms with E-state index in [1.54, 1.807) is 17.3 Å². The zero-order valence-electron chi connectivity index (χ0n) is 10.8. The van der Waals surface area contributed by atoms with Crippen molar-refractivity contribution >= 4 is 34.1 Å². The minimum atomic E-state index is -0.539. The van der Waals surface area contributed by atoms with Gasteiger partial charge in [0.25, 0.3) is 0 Å². The molecule has 1 unspecified atom stereocenters. The summed E-state index contributed by atoms with van der Waals surface area (Å²) in [6.07, 6.45) is 3.42. The maximum atomic E-state index is 11.7. The number of amides is 2. The Morgan fingerprint density at radius 3 is 2.65 bits per heavy atom. The molecule has 3 heterocycles. The van der Waals surface area contributed by atoms with Crippen LogP contribution in [0.15, 0.2) is 12.4 Å². The molecule has 2 aromatic rings. The van der Waals surface area contributed by atoms with Gasteiger partial charge in [0.15, 0.2) is 0 Å². The summed E-state index contributed by atoms with van der Waals surface area (Å²) in [5.41, 5.74) is 4.98. The van der Waals surface area contributed by atoms with E-state index in [1.165, 1.54) is 23.1 Å². The normalized spacial score (nSPS) is 23.1. The summed E-state index contributed by atoms with van der Waals surface area (Å²) in [6.45, 7) is 3.84. The van der Waals surface area contributed by atoms with Crippen molar-refractivity contribution in [3.8, 4) is 0 Å². The van der Waals surface area contributed by atoms with Crippen molar-refractivity contribution in [2.24, 2.45) is 5.73 Å². The highest BCUT2D eigenvalue weighted by Crippen LogP contribution is 2.35. The van der Waals surface area contributed by atoms with Crippen molar-refractivity contribution in [1.82, 2.24) is 24.1 Å². The highest BCUT2D eigenvalue weighted by Gasteiger charge is 2.43. The molecule has 8 nitrogen and oxygen atoms in total. The topological polar surface area (TPSA) is 101 Å². The van der Waals surface area contributed by atoms with Gasteiger partial charge in [-0.2, -0.15) is 0 Å². The number of aromatic nitrogens is 4. The molecule has 0 saturated carbocycles. The third-order valence-electron chi connectivity index (χ3n) is 3.51. The quantitative estimate of drug-likeness (QED) is 0.867. The van der Waals surface area contributed by atoms with Crippen LogP contribution < -0.4 is 10.6 Å². The second-order valence-electron chi connectivity index (χ2n) is 4.72. The molecule has 20 heavy (non-hydrogen) atoms. The van der Waals surface area contributed by atoms with E-state index in [-0.39, 0.29) is 0 Å². The van der Waals surface area contributed by atoms with E-state index in [0.29, 0.717) is 19.6 Å². The van der Waals surface area contributed by atoms with Crippen LogP contribution in [-0.2, 0) is 5.54 Å². The fourth-order valence-electron chi connectivity index (χ4n) is 2.46. The fourth-order valence-corrected chi connectivity index (χ4v) is 3.65. The number of hydrogen-bond donors (Lipinski definition) is 1. The Hall–Kier alpha value is -1.81. The summed E-state index contributed by atoms with van der Waals surface area (Å²) < 4.78 is 7.78. The number of rotatable bonds is 2. The summed E-state index contributed by atoms with van der Waals surface area (Å²) in [6, 6.07) is -0.428. The van der Waals surface area contributed by atoms with E-state index >= 15 is 0 Å². The number of carbonyl (C=O) groups excluding carboxylic acids is 1. The summed E-state index contributed by atoms with van der Waals surface area (Å²) in [7, 11) is 0. The largest absolute Gasteiger partial charge is 0.356 e. The van der Waals surface area contributed by atoms with Crippen LogP contribution in [0.4, 0.5) is 9.80 Å². The fraction of sp³-hybridized carbons (Fsp3) is 0.500. The number of primary amides is 1. The monoisotopic (exact) mass is 311 g/mol. The smallest absolute Gasteiger partial charge is 0.315 e. The number of nitrogens with two attached hydrogens (primary N) is 1. The third kappa shape index (κ3) is 2.10. The molecule has 1 saturated heterocycles. The van der Waals surface area contributed by atoms with Gasteiger partial charge in [-0.3, -0.25) is 0 Å². The molecule has 2 amide bonds. The number of urea groups is 1. The summed E-state index contributed by atoms with van der Waals surface area (Å²) in [5, 5.41) is 8.72. The summed E-state index contributed by atoms with van der Waals surface area (Å²) in [4.78, 5) is 16.5. The van der Waals surface area contributed by atoms with Crippen molar-refractivity contribution in [1.29, 1.82) is 0 Å². The molecule has 0 radical (unpaired) electrons. The van der Waals surface area contributed by atoms with Crippen molar-refractivity contribution in [3.05, 3.63) is 17.3 Å². The molecule has 1 fully saturated rings. The lowest BCUT2D eigenvalue weighted by atomic mass is 9.95. The van der Waals surface area contributed by atoms with E-state index in [1.807, 2.05) is 6.92 Å². The molecule has 10 heteroatoms. The molecule has 0 bridgehead atoms. The number of hydrogen-bond acceptors (Lipinski definition) is 8. The van der Waals surface area contributed by atoms with Crippen molar-refractivity contribution in [2.75, 3.05) is 24.5 Å². The lowest BCUT2D eigenvalue weighted by molar-refractivity contribution is 0.120. The molecular formula is C10H13N7OS2. The Balaban J connectivity index is 1.95. The lowest BCUT2D eigenvalue weighted by Crippen LogP contribution is -2.61. The van der Waals surface area contributed by atoms with Gasteiger partial charge < -0.3 is 15.5 Å². The van der Waals surface area contributed by atoms with E-state index in [0.717, 1.165) is 9.88 Å². The van der Waals surface area contributed by atoms with Crippen LogP contribution in [0.5, 0.6) is 0 Å². The van der Waals surface area contributed by atoms with E-state index in [4.69, 9.17) is 5.73 Å². The predicted molar refractivity (Wildman–Crippen MR) is 75.7 cm³/mol. The van der Waals surface area contributed by atoms with Crippen LogP contribution in [0.3, 0.4) is 0 Å². The molecule has 106 valence electrons. The number of carbonyl (C=O) groups is 1. The van der Waals surface area contributed by atoms with Gasteiger partial charge in [0, 0.05) is 31.2 Å². The first-order chi connectivity index (χ1) is 9.61. The number of nitrogens with zero attached hydrogens (tertiary/aromatic N) is 6. The second kappa shape index (κ2) is 4.94. The first-order valence-electron chi connectivity index (χ1n) is 5.98. The van der Waals surface area contributed by atoms with Crippen LogP contribution in [0.25, 0.3) is 0 Å². The third-order valence-corrected chi connectivity index (χ3v) is 5.15. The first kappa shape index (κ1) is 13.2. The van der Waals surface area contributed by atoms with Gasteiger partial charge in [-0.1, -0.05) is 8.98 Å². The van der Waals surface area contributed by atoms with Gasteiger partial charge >= 0.3 is 6.03 Å². The average Bonchev–Trinajstić information content (AvgIpc) is 3.12. The van der Waals surface area contributed by atoms with Gasteiger partial charge in [-0.05, 0) is 18.5 Å². The van der Waals surface area contributed by atoms with Crippen LogP contribution >= 0.6 is 23.1 Å². The van der Waals surface area contributed by atoms with Gasteiger partial charge in [0.1, 0.15) is 5.00 Å². The van der Waals surface area contributed by atoms with E-state index in [9.17, 15) is 4.79 Å². The molecule has 2 N–H and O–H groups in total. The van der Waals surface area contributed by atoms with Crippen LogP contribution in [0.1, 0.15) is 11.8 Å². The zero-order chi connectivity index (χ0) is 14.2. The lowest BCUT2D eigenvalue weighted by Gasteiger charge is -2.47. The van der Waals surface area contributed by atoms with Crippen molar-refractivity contribution in [3.63, 3.8) is 0 Å². The first-order valence-corrected chi connectivity index (χ1v) is 7.53. The van der Waals surface area contributed by atoms with E-state index in [2.05, 4.69) is 24.1 Å². The van der Waals surface area contributed by atoms with Crippen LogP contribution in [-0.4, -0.2) is 49.7 Å². The van der Waals surface area contributed by atoms with Crippen LogP contribution in [0, 0.1) is 0 Å². The van der Waals surface area contributed by atoms with E-state index < -0.39 is 11.6 Å². The molecule has 3 rings (SSSR count). The Kier molecular flexibility index (Phi) is 3.26. The molecule has 0 spiro atoms. The molecule has 0 aliphatic carbocycles. The summed E-state index contributed by atoms with van der Waals surface area (Å²) >= 11 is 2.62. The Labute approximate surface area is 123 Å². The highest BCUT2D eigenvalue weighted by molar-refractivity contribution is 7.09. The van der Waals surface area contributed by atoms with Crippen molar-refractivity contribution in [2.45, 2.75) is 12.5 Å². The van der Waals surface area contributed by atoms with Gasteiger partial charge in [0.05, 0.1) is 22.8 Å². The molecule has 1 aliphatic heterocycles. The molecule has 1 atom stereocenters. The average molecular weight is 311 g/mol. The maximum Gasteiger partial charge on any atom is 0.315 e. The van der Waals surface area contributed by atoms with Gasteiger partial charge in [-0.15, -0.1) is 10.2 Å².